The van der Waals surface area contributed by atoms with Crippen LogP contribution in [0, 0.1) is 5.41 Å². The van der Waals surface area contributed by atoms with Gasteiger partial charge in [0, 0.05) is 19.5 Å². The van der Waals surface area contributed by atoms with Gasteiger partial charge < -0.3 is 10.1 Å². The number of imidazole rings is 1. The second kappa shape index (κ2) is 5.46. The molecule has 1 fully saturated rings. The molecular formula is C13H23N3O3S. The van der Waals surface area contributed by atoms with Crippen LogP contribution in [0.2, 0.25) is 0 Å². The van der Waals surface area contributed by atoms with Gasteiger partial charge in [0.15, 0.2) is 5.03 Å². The predicted octanol–water partition coefficient (Wildman–Crippen LogP) is 1.14. The third-order valence-corrected chi connectivity index (χ3v) is 5.42. The van der Waals surface area contributed by atoms with Gasteiger partial charge >= 0.3 is 0 Å². The van der Waals surface area contributed by atoms with Gasteiger partial charge in [0.1, 0.15) is 5.82 Å². The van der Waals surface area contributed by atoms with Gasteiger partial charge in [-0.1, -0.05) is 20.8 Å². The quantitative estimate of drug-likeness (QED) is 0.876. The zero-order valence-corrected chi connectivity index (χ0v) is 13.1. The van der Waals surface area contributed by atoms with Crippen molar-refractivity contribution in [1.82, 2.24) is 14.3 Å². The van der Waals surface area contributed by atoms with E-state index in [-0.39, 0.29) is 10.4 Å². The lowest BCUT2D eigenvalue weighted by molar-refractivity contribution is 0.122. The third kappa shape index (κ3) is 3.21. The molecular weight excluding hydrogens is 278 g/mol. The Morgan fingerprint density at radius 1 is 1.55 bits per heavy atom. The van der Waals surface area contributed by atoms with Gasteiger partial charge in [-0.15, -0.1) is 0 Å². The van der Waals surface area contributed by atoms with Crippen LogP contribution in [-0.2, 0) is 16.4 Å². The Hall–Kier alpha value is -0.920. The maximum absolute atomic E-state index is 12.6. The molecule has 1 aromatic rings. The standard InChI is InChI=1S/C13H23N3O3S/c1-4-11-14-8-12(15-11)20(18,19)16-6-5-10(17)7-13(2,3)9-16/h8,10,17H,4-7,9H2,1-3H3,(H,14,15). The Balaban J connectivity index is 2.28. The van der Waals surface area contributed by atoms with Crippen LogP contribution in [0.3, 0.4) is 0 Å². The van der Waals surface area contributed by atoms with E-state index in [4.69, 9.17) is 0 Å². The number of nitrogens with zero attached hydrogens (tertiary/aromatic N) is 2. The molecule has 0 amide bonds. The van der Waals surface area contributed by atoms with E-state index >= 15 is 0 Å². The fourth-order valence-corrected chi connectivity index (χ4v) is 4.23. The lowest BCUT2D eigenvalue weighted by atomic mass is 9.87. The van der Waals surface area contributed by atoms with E-state index in [0.717, 1.165) is 0 Å². The van der Waals surface area contributed by atoms with Crippen molar-refractivity contribution in [3.63, 3.8) is 0 Å². The number of aryl methyl sites for hydroxylation is 1. The molecule has 6 nitrogen and oxygen atoms in total. The zero-order chi connectivity index (χ0) is 15.0. The molecule has 0 spiro atoms. The number of aliphatic hydroxyl groups is 1. The van der Waals surface area contributed by atoms with Crippen LogP contribution in [0.5, 0.6) is 0 Å². The first kappa shape index (κ1) is 15.5. The van der Waals surface area contributed by atoms with Crippen molar-refractivity contribution < 1.29 is 13.5 Å². The smallest absolute Gasteiger partial charge is 0.260 e. The van der Waals surface area contributed by atoms with E-state index in [2.05, 4.69) is 9.97 Å². The highest BCUT2D eigenvalue weighted by atomic mass is 32.2. The second-order valence-electron chi connectivity index (χ2n) is 6.20. The highest BCUT2D eigenvalue weighted by molar-refractivity contribution is 7.89. The van der Waals surface area contributed by atoms with Crippen LogP contribution in [0.1, 0.15) is 39.4 Å². The monoisotopic (exact) mass is 301 g/mol. The van der Waals surface area contributed by atoms with Crippen LogP contribution >= 0.6 is 0 Å². The summed E-state index contributed by atoms with van der Waals surface area (Å²) in [6, 6.07) is 0. The van der Waals surface area contributed by atoms with E-state index in [1.54, 1.807) is 0 Å². The number of hydrogen-bond acceptors (Lipinski definition) is 4. The Labute approximate surface area is 120 Å². The summed E-state index contributed by atoms with van der Waals surface area (Å²) in [7, 11) is -3.56. The number of aliphatic hydroxyl groups excluding tert-OH is 1. The summed E-state index contributed by atoms with van der Waals surface area (Å²) < 4.78 is 26.7. The fourth-order valence-electron chi connectivity index (χ4n) is 2.65. The first-order valence-corrected chi connectivity index (χ1v) is 8.41. The Bertz CT molecular complexity index is 565. The maximum atomic E-state index is 12.6. The lowest BCUT2D eigenvalue weighted by Crippen LogP contribution is -2.37. The van der Waals surface area contributed by atoms with Gasteiger partial charge in [-0.3, -0.25) is 0 Å². The molecule has 1 unspecified atom stereocenters. The predicted molar refractivity (Wildman–Crippen MR) is 75.7 cm³/mol. The first-order chi connectivity index (χ1) is 9.24. The minimum atomic E-state index is -3.56. The van der Waals surface area contributed by atoms with Crippen molar-refractivity contribution in [3.8, 4) is 0 Å². The van der Waals surface area contributed by atoms with Crippen molar-refractivity contribution in [2.24, 2.45) is 5.41 Å². The number of sulfonamides is 1. The highest BCUT2D eigenvalue weighted by Crippen LogP contribution is 2.31. The molecule has 114 valence electrons. The highest BCUT2D eigenvalue weighted by Gasteiger charge is 2.36. The molecule has 2 heterocycles. The summed E-state index contributed by atoms with van der Waals surface area (Å²) in [4.78, 5) is 6.92. The largest absolute Gasteiger partial charge is 0.393 e. The number of hydrogen-bond donors (Lipinski definition) is 2. The summed E-state index contributed by atoms with van der Waals surface area (Å²) in [5.41, 5.74) is -0.239. The molecule has 1 aliphatic heterocycles. The maximum Gasteiger partial charge on any atom is 0.260 e. The van der Waals surface area contributed by atoms with Gasteiger partial charge in [0.05, 0.1) is 12.3 Å². The first-order valence-electron chi connectivity index (χ1n) is 6.97. The van der Waals surface area contributed by atoms with Gasteiger partial charge in [0.2, 0.25) is 0 Å². The molecule has 1 atom stereocenters. The second-order valence-corrected chi connectivity index (χ2v) is 8.10. The molecule has 7 heteroatoms. The van der Waals surface area contributed by atoms with Gasteiger partial charge in [-0.25, -0.2) is 13.4 Å². The summed E-state index contributed by atoms with van der Waals surface area (Å²) in [5.74, 6) is 0.665. The summed E-state index contributed by atoms with van der Waals surface area (Å²) >= 11 is 0. The van der Waals surface area contributed by atoms with Gasteiger partial charge in [-0.2, -0.15) is 4.31 Å². The molecule has 2 N–H and O–H groups in total. The summed E-state index contributed by atoms with van der Waals surface area (Å²) in [5, 5.41) is 10.0. The number of aromatic nitrogens is 2. The van der Waals surface area contributed by atoms with Crippen molar-refractivity contribution in [1.29, 1.82) is 0 Å². The van der Waals surface area contributed by atoms with E-state index in [1.165, 1.54) is 10.5 Å². The van der Waals surface area contributed by atoms with Crippen LogP contribution in [-0.4, -0.2) is 47.0 Å². The van der Waals surface area contributed by atoms with E-state index < -0.39 is 16.1 Å². The van der Waals surface area contributed by atoms with Gasteiger partial charge in [-0.05, 0) is 18.3 Å². The normalized spacial score (nSPS) is 24.5. The molecule has 0 radical (unpaired) electrons. The van der Waals surface area contributed by atoms with E-state index in [0.29, 0.717) is 38.2 Å². The molecule has 0 bridgehead atoms. The van der Waals surface area contributed by atoms with Crippen molar-refractivity contribution in [3.05, 3.63) is 12.0 Å². The topological polar surface area (TPSA) is 86.3 Å². The van der Waals surface area contributed by atoms with E-state index in [1.807, 2.05) is 20.8 Å². The fraction of sp³-hybridized carbons (Fsp3) is 0.769. The van der Waals surface area contributed by atoms with Gasteiger partial charge in [0.25, 0.3) is 10.0 Å². The summed E-state index contributed by atoms with van der Waals surface area (Å²) in [6.07, 6.45) is 2.68. The lowest BCUT2D eigenvalue weighted by Gasteiger charge is -2.28. The van der Waals surface area contributed by atoms with E-state index in [9.17, 15) is 13.5 Å². The third-order valence-electron chi connectivity index (χ3n) is 3.66. The molecule has 0 saturated carbocycles. The van der Waals surface area contributed by atoms with Crippen LogP contribution in [0.15, 0.2) is 11.2 Å². The summed E-state index contributed by atoms with van der Waals surface area (Å²) in [6.45, 7) is 6.63. The number of H-pyrrole nitrogens is 1. The zero-order valence-electron chi connectivity index (χ0n) is 12.3. The van der Waals surface area contributed by atoms with Crippen molar-refractivity contribution in [2.75, 3.05) is 13.1 Å². The van der Waals surface area contributed by atoms with Crippen molar-refractivity contribution in [2.45, 2.75) is 51.2 Å². The SMILES string of the molecule is CCc1ncc(S(=O)(=O)N2CCC(O)CC(C)(C)C2)[nH]1. The average Bonchev–Trinajstić information content (AvgIpc) is 2.77. The number of aromatic amines is 1. The average molecular weight is 301 g/mol. The number of rotatable bonds is 3. The minimum Gasteiger partial charge on any atom is -0.393 e. The molecule has 1 saturated heterocycles. The molecule has 20 heavy (non-hydrogen) atoms. The molecule has 2 rings (SSSR count). The van der Waals surface area contributed by atoms with Crippen molar-refractivity contribution >= 4 is 10.0 Å². The molecule has 1 aliphatic rings. The Kier molecular flexibility index (Phi) is 4.22. The molecule has 0 aliphatic carbocycles. The molecule has 1 aromatic heterocycles. The Morgan fingerprint density at radius 2 is 2.25 bits per heavy atom. The minimum absolute atomic E-state index is 0.140. The van der Waals surface area contributed by atoms with Crippen LogP contribution in [0.4, 0.5) is 0 Å². The van der Waals surface area contributed by atoms with Crippen LogP contribution < -0.4 is 0 Å². The van der Waals surface area contributed by atoms with Crippen LogP contribution in [0.25, 0.3) is 0 Å². The Morgan fingerprint density at radius 3 is 2.85 bits per heavy atom. The number of nitrogens with one attached hydrogen (secondary N) is 1. The molecule has 0 aromatic carbocycles.